The van der Waals surface area contributed by atoms with Gasteiger partial charge in [-0.3, -0.25) is 9.59 Å². The molecule has 4 aromatic rings. The van der Waals surface area contributed by atoms with Crippen molar-refractivity contribution in [2.75, 3.05) is 20.3 Å². The predicted octanol–water partition coefficient (Wildman–Crippen LogP) is 7.13. The Balaban J connectivity index is 1.63. The number of carbonyl (C=O) groups excluding carboxylic acids is 1. The van der Waals surface area contributed by atoms with Gasteiger partial charge in [-0.25, -0.2) is 0 Å². The lowest BCUT2D eigenvalue weighted by molar-refractivity contribution is 0.0714. The fourth-order valence-corrected chi connectivity index (χ4v) is 5.28. The Hall–Kier alpha value is -3.78. The van der Waals surface area contributed by atoms with Gasteiger partial charge in [0.15, 0.2) is 16.9 Å². The molecule has 0 fully saturated rings. The van der Waals surface area contributed by atoms with E-state index in [1.807, 2.05) is 49.4 Å². The smallest absolute Gasteiger partial charge is 0.291 e. The van der Waals surface area contributed by atoms with Crippen molar-refractivity contribution in [2.45, 2.75) is 39.8 Å². The molecular formula is C32H32BrNO6. The average molecular weight is 607 g/mol. The van der Waals surface area contributed by atoms with Crippen molar-refractivity contribution in [1.82, 2.24) is 4.90 Å². The van der Waals surface area contributed by atoms with Crippen LogP contribution in [0.25, 0.3) is 11.0 Å². The number of halogens is 1. The highest BCUT2D eigenvalue weighted by molar-refractivity contribution is 9.10. The van der Waals surface area contributed by atoms with Crippen LogP contribution in [-0.4, -0.2) is 31.1 Å². The summed E-state index contributed by atoms with van der Waals surface area (Å²) >= 11 is 3.45. The molecule has 1 unspecified atom stereocenters. The molecule has 0 spiro atoms. The standard InChI is InChI=1S/C32H32BrNO6/c1-5-38-27-16-21(8-12-26(27)39-15-14-19(2)3)29-28-30(35)24-17-22(33)9-13-25(24)40-31(28)32(36)34(29)18-20-6-10-23(37-4)11-7-20/h6-13,16-17,19,29H,5,14-15,18H2,1-4H3. The van der Waals surface area contributed by atoms with Crippen LogP contribution >= 0.6 is 15.9 Å². The summed E-state index contributed by atoms with van der Waals surface area (Å²) in [4.78, 5) is 29.5. The minimum Gasteiger partial charge on any atom is -0.497 e. The molecule has 0 bridgehead atoms. The second-order valence-corrected chi connectivity index (χ2v) is 11.1. The number of fused-ring (bicyclic) bond motifs is 2. The molecule has 40 heavy (non-hydrogen) atoms. The van der Waals surface area contributed by atoms with Crippen LogP contribution in [-0.2, 0) is 6.54 Å². The summed E-state index contributed by atoms with van der Waals surface area (Å²) in [5.74, 6) is 2.16. The first kappa shape index (κ1) is 27.8. The summed E-state index contributed by atoms with van der Waals surface area (Å²) in [6, 6.07) is 17.7. The normalized spacial score (nSPS) is 14.6. The number of amides is 1. The molecule has 3 aromatic carbocycles. The molecule has 0 aliphatic carbocycles. The Morgan fingerprint density at radius 2 is 1.75 bits per heavy atom. The van der Waals surface area contributed by atoms with Crippen LogP contribution in [0.5, 0.6) is 17.2 Å². The van der Waals surface area contributed by atoms with Crippen LogP contribution in [0.3, 0.4) is 0 Å². The Morgan fingerprint density at radius 1 is 0.975 bits per heavy atom. The van der Waals surface area contributed by atoms with Gasteiger partial charge in [0.05, 0.1) is 37.3 Å². The summed E-state index contributed by atoms with van der Waals surface area (Å²) in [6.07, 6.45) is 0.914. The number of carbonyl (C=O) groups is 1. The lowest BCUT2D eigenvalue weighted by Gasteiger charge is -2.26. The van der Waals surface area contributed by atoms with Gasteiger partial charge in [0.1, 0.15) is 11.3 Å². The van der Waals surface area contributed by atoms with Crippen molar-refractivity contribution in [3.63, 3.8) is 0 Å². The fraction of sp³-hybridized carbons (Fsp3) is 0.312. The highest BCUT2D eigenvalue weighted by Gasteiger charge is 2.43. The minimum atomic E-state index is -0.673. The molecule has 5 rings (SSSR count). The van der Waals surface area contributed by atoms with E-state index in [0.29, 0.717) is 47.2 Å². The van der Waals surface area contributed by atoms with Crippen molar-refractivity contribution in [1.29, 1.82) is 0 Å². The summed E-state index contributed by atoms with van der Waals surface area (Å²) in [5, 5.41) is 0.413. The third-order valence-electron chi connectivity index (χ3n) is 6.98. The van der Waals surface area contributed by atoms with Crippen LogP contribution in [0.15, 0.2) is 74.3 Å². The van der Waals surface area contributed by atoms with E-state index >= 15 is 0 Å². The summed E-state index contributed by atoms with van der Waals surface area (Å²) < 4.78 is 24.1. The lowest BCUT2D eigenvalue weighted by Crippen LogP contribution is -2.29. The molecule has 8 heteroatoms. The van der Waals surface area contributed by atoms with Gasteiger partial charge in [-0.2, -0.15) is 0 Å². The van der Waals surface area contributed by atoms with E-state index in [-0.39, 0.29) is 23.6 Å². The van der Waals surface area contributed by atoms with E-state index in [1.165, 1.54) is 0 Å². The van der Waals surface area contributed by atoms with Gasteiger partial charge in [-0.15, -0.1) is 0 Å². The van der Waals surface area contributed by atoms with Gasteiger partial charge < -0.3 is 23.5 Å². The van der Waals surface area contributed by atoms with Gasteiger partial charge in [0, 0.05) is 11.0 Å². The number of benzene rings is 3. The number of hydrogen-bond acceptors (Lipinski definition) is 6. The topological polar surface area (TPSA) is 78.2 Å². The average Bonchev–Trinajstić information content (AvgIpc) is 3.21. The van der Waals surface area contributed by atoms with E-state index in [0.717, 1.165) is 27.8 Å². The summed E-state index contributed by atoms with van der Waals surface area (Å²) in [5.41, 5.74) is 2.09. The number of ether oxygens (including phenoxy) is 3. The molecule has 1 atom stereocenters. The van der Waals surface area contributed by atoms with E-state index in [4.69, 9.17) is 18.6 Å². The molecule has 0 radical (unpaired) electrons. The zero-order valence-corrected chi connectivity index (χ0v) is 24.6. The molecule has 0 saturated heterocycles. The fourth-order valence-electron chi connectivity index (χ4n) is 4.92. The SMILES string of the molecule is CCOc1cc(C2c3c(oc4ccc(Br)cc4c3=O)C(=O)N2Cc2ccc(OC)cc2)ccc1OCCC(C)C. The first-order valence-corrected chi connectivity index (χ1v) is 14.2. The van der Waals surface area contributed by atoms with E-state index < -0.39 is 6.04 Å². The van der Waals surface area contributed by atoms with Crippen LogP contribution in [0.2, 0.25) is 0 Å². The maximum Gasteiger partial charge on any atom is 0.291 e. The zero-order chi connectivity index (χ0) is 28.4. The quantitative estimate of drug-likeness (QED) is 0.191. The van der Waals surface area contributed by atoms with Gasteiger partial charge in [0.25, 0.3) is 5.91 Å². The first-order chi connectivity index (χ1) is 19.3. The van der Waals surface area contributed by atoms with Crippen molar-refractivity contribution < 1.29 is 23.4 Å². The Kier molecular flexibility index (Phi) is 8.17. The van der Waals surface area contributed by atoms with E-state index in [2.05, 4.69) is 29.8 Å². The maximum atomic E-state index is 13.9. The lowest BCUT2D eigenvalue weighted by atomic mass is 9.97. The predicted molar refractivity (Wildman–Crippen MR) is 157 cm³/mol. The van der Waals surface area contributed by atoms with Gasteiger partial charge >= 0.3 is 0 Å². The Bertz CT molecular complexity index is 1590. The molecule has 1 aliphatic rings. The zero-order valence-electron chi connectivity index (χ0n) is 23.0. The third kappa shape index (κ3) is 5.45. The summed E-state index contributed by atoms with van der Waals surface area (Å²) in [7, 11) is 1.61. The number of rotatable bonds is 10. The van der Waals surface area contributed by atoms with Gasteiger partial charge in [0.2, 0.25) is 5.76 Å². The molecular weight excluding hydrogens is 574 g/mol. The highest BCUT2D eigenvalue weighted by Crippen LogP contribution is 2.42. The largest absolute Gasteiger partial charge is 0.497 e. The molecule has 1 amide bonds. The number of methoxy groups -OCH3 is 1. The number of nitrogens with zero attached hydrogens (tertiary/aromatic N) is 1. The van der Waals surface area contributed by atoms with Gasteiger partial charge in [-0.1, -0.05) is 48.0 Å². The maximum absolute atomic E-state index is 13.9. The molecule has 208 valence electrons. The molecule has 2 heterocycles. The van der Waals surface area contributed by atoms with Gasteiger partial charge in [-0.05, 0) is 72.9 Å². The van der Waals surface area contributed by atoms with Crippen molar-refractivity contribution in [3.05, 3.63) is 97.8 Å². The second-order valence-electron chi connectivity index (χ2n) is 10.2. The Labute approximate surface area is 241 Å². The highest BCUT2D eigenvalue weighted by atomic mass is 79.9. The Morgan fingerprint density at radius 3 is 2.45 bits per heavy atom. The molecule has 0 saturated carbocycles. The van der Waals surface area contributed by atoms with Crippen molar-refractivity contribution in [2.24, 2.45) is 5.92 Å². The van der Waals surface area contributed by atoms with Crippen LogP contribution in [0.4, 0.5) is 0 Å². The number of hydrogen-bond donors (Lipinski definition) is 0. The first-order valence-electron chi connectivity index (χ1n) is 13.4. The van der Waals surface area contributed by atoms with Crippen molar-refractivity contribution in [3.8, 4) is 17.2 Å². The van der Waals surface area contributed by atoms with Crippen LogP contribution in [0.1, 0.15) is 60.5 Å². The van der Waals surface area contributed by atoms with E-state index in [1.54, 1.807) is 30.2 Å². The molecule has 7 nitrogen and oxygen atoms in total. The monoisotopic (exact) mass is 605 g/mol. The summed E-state index contributed by atoms with van der Waals surface area (Å²) in [6.45, 7) is 7.49. The third-order valence-corrected chi connectivity index (χ3v) is 7.47. The van der Waals surface area contributed by atoms with Crippen molar-refractivity contribution >= 4 is 32.8 Å². The molecule has 1 aliphatic heterocycles. The molecule has 1 aromatic heterocycles. The van der Waals surface area contributed by atoms with E-state index in [9.17, 15) is 9.59 Å². The molecule has 0 N–H and O–H groups in total. The van der Waals surface area contributed by atoms with Crippen LogP contribution in [0, 0.1) is 5.92 Å². The van der Waals surface area contributed by atoms with Crippen LogP contribution < -0.4 is 19.6 Å². The second kappa shape index (κ2) is 11.8. The minimum absolute atomic E-state index is 0.0635.